The van der Waals surface area contributed by atoms with Crippen LogP contribution in [0.1, 0.15) is 56.9 Å². The van der Waals surface area contributed by atoms with Gasteiger partial charge in [-0.15, -0.1) is 0 Å². The van der Waals surface area contributed by atoms with Crippen LogP contribution in [0.25, 0.3) is 0 Å². The van der Waals surface area contributed by atoms with Crippen molar-refractivity contribution < 1.29 is 14.3 Å². The first-order valence-electron chi connectivity index (χ1n) is 9.64. The molecule has 0 unspecified atom stereocenters. The number of carbonyl (C=O) groups excluding carboxylic acids is 2. The zero-order chi connectivity index (χ0) is 17.4. The van der Waals surface area contributed by atoms with Gasteiger partial charge in [0.25, 0.3) is 0 Å². The first-order valence-corrected chi connectivity index (χ1v) is 9.64. The summed E-state index contributed by atoms with van der Waals surface area (Å²) in [7, 11) is 0. The van der Waals surface area contributed by atoms with Gasteiger partial charge < -0.3 is 9.64 Å². The summed E-state index contributed by atoms with van der Waals surface area (Å²) in [5.41, 5.74) is 1.42. The smallest absolute Gasteiger partial charge is 0.220 e. The van der Waals surface area contributed by atoms with Crippen LogP contribution >= 0.6 is 0 Å². The van der Waals surface area contributed by atoms with Crippen LogP contribution in [0.3, 0.4) is 0 Å². The van der Waals surface area contributed by atoms with Crippen LogP contribution in [-0.2, 0) is 14.3 Å². The minimum Gasteiger partial charge on any atom is -0.376 e. The highest BCUT2D eigenvalue weighted by molar-refractivity contribution is 5.95. The minimum atomic E-state index is -0.346. The summed E-state index contributed by atoms with van der Waals surface area (Å²) in [4.78, 5) is 26.3. The molecular formula is C21H27NO3. The number of ether oxygens (including phenoxy) is 1. The molecule has 1 aromatic rings. The van der Waals surface area contributed by atoms with Gasteiger partial charge in [0.1, 0.15) is 6.04 Å². The highest BCUT2D eigenvalue weighted by Gasteiger charge is 2.53. The maximum atomic E-state index is 12.5. The average Bonchev–Trinajstić information content (AvgIpc) is 2.79. The number of likely N-dealkylation sites (tertiary alicyclic amines) is 1. The van der Waals surface area contributed by atoms with Crippen molar-refractivity contribution in [2.45, 2.75) is 69.6 Å². The normalized spacial score (nSPS) is 34.5. The van der Waals surface area contributed by atoms with Crippen LogP contribution in [0.4, 0.5) is 0 Å². The van der Waals surface area contributed by atoms with Crippen LogP contribution in [0, 0.1) is 5.92 Å². The zero-order valence-electron chi connectivity index (χ0n) is 14.9. The molecule has 0 aromatic heterocycles. The summed E-state index contributed by atoms with van der Waals surface area (Å²) in [6.07, 6.45) is 6.46. The molecule has 3 fully saturated rings. The average molecular weight is 341 g/mol. The Bertz CT molecular complexity index is 636. The molecular weight excluding hydrogens is 314 g/mol. The number of nitrogens with zero attached hydrogens (tertiary/aromatic N) is 1. The predicted octanol–water partition coefficient (Wildman–Crippen LogP) is 3.31. The van der Waals surface area contributed by atoms with E-state index in [9.17, 15) is 9.59 Å². The Labute approximate surface area is 149 Å². The molecule has 3 atom stereocenters. The number of hydrogen-bond acceptors (Lipinski definition) is 3. The number of benzene rings is 1. The fraction of sp³-hybridized carbons (Fsp3) is 0.619. The van der Waals surface area contributed by atoms with Crippen LogP contribution in [0.15, 0.2) is 30.3 Å². The fourth-order valence-electron chi connectivity index (χ4n) is 4.89. The molecule has 2 saturated carbocycles. The molecule has 1 aliphatic heterocycles. The van der Waals surface area contributed by atoms with Crippen molar-refractivity contribution in [2.24, 2.45) is 5.92 Å². The van der Waals surface area contributed by atoms with E-state index in [2.05, 4.69) is 30.3 Å². The molecule has 4 rings (SSSR count). The van der Waals surface area contributed by atoms with Crippen molar-refractivity contribution in [2.75, 3.05) is 6.61 Å². The lowest BCUT2D eigenvalue weighted by Crippen LogP contribution is -2.46. The Morgan fingerprint density at radius 1 is 1.08 bits per heavy atom. The van der Waals surface area contributed by atoms with Gasteiger partial charge in [0.05, 0.1) is 12.7 Å². The first-order chi connectivity index (χ1) is 12.1. The number of rotatable bonds is 4. The maximum absolute atomic E-state index is 12.5. The molecule has 0 radical (unpaired) electrons. The van der Waals surface area contributed by atoms with Crippen molar-refractivity contribution in [3.05, 3.63) is 35.9 Å². The van der Waals surface area contributed by atoms with Gasteiger partial charge in [-0.25, -0.2) is 0 Å². The van der Waals surface area contributed by atoms with E-state index < -0.39 is 0 Å². The van der Waals surface area contributed by atoms with Gasteiger partial charge >= 0.3 is 0 Å². The first kappa shape index (κ1) is 16.8. The SMILES string of the molecule is CC(=O)N1[C@@H]2CC[C@@H]2C(=O)[C@@H]1COC1CCC(c2ccccc2)CC1. The Hall–Kier alpha value is -1.68. The van der Waals surface area contributed by atoms with Gasteiger partial charge in [-0.05, 0) is 50.0 Å². The second-order valence-electron chi connectivity index (χ2n) is 7.81. The summed E-state index contributed by atoms with van der Waals surface area (Å²) in [5, 5.41) is 0. The Morgan fingerprint density at radius 2 is 1.80 bits per heavy atom. The number of carbonyl (C=O) groups is 2. The summed E-state index contributed by atoms with van der Waals surface area (Å²) >= 11 is 0. The molecule has 0 N–H and O–H groups in total. The number of fused-ring (bicyclic) bond motifs is 1. The molecule has 25 heavy (non-hydrogen) atoms. The summed E-state index contributed by atoms with van der Waals surface area (Å²) in [6.45, 7) is 1.96. The number of hydrogen-bond donors (Lipinski definition) is 0. The van der Waals surface area contributed by atoms with E-state index in [1.807, 2.05) is 0 Å². The van der Waals surface area contributed by atoms with Gasteiger partial charge in [0.2, 0.25) is 5.91 Å². The lowest BCUT2D eigenvalue weighted by Gasteiger charge is -2.35. The molecule has 1 amide bonds. The number of ketones is 1. The van der Waals surface area contributed by atoms with Crippen LogP contribution in [-0.4, -0.2) is 41.4 Å². The molecule has 1 heterocycles. The summed E-state index contributed by atoms with van der Waals surface area (Å²) < 4.78 is 6.11. The Kier molecular flexibility index (Phi) is 4.63. The number of amides is 1. The van der Waals surface area contributed by atoms with E-state index in [0.29, 0.717) is 12.5 Å². The van der Waals surface area contributed by atoms with Crippen LogP contribution in [0.5, 0.6) is 0 Å². The van der Waals surface area contributed by atoms with Crippen molar-refractivity contribution >= 4 is 11.7 Å². The fourth-order valence-corrected chi connectivity index (χ4v) is 4.89. The monoisotopic (exact) mass is 341 g/mol. The topological polar surface area (TPSA) is 46.6 Å². The van der Waals surface area contributed by atoms with Crippen LogP contribution in [0.2, 0.25) is 0 Å². The van der Waals surface area contributed by atoms with Gasteiger partial charge in [-0.2, -0.15) is 0 Å². The van der Waals surface area contributed by atoms with E-state index in [1.165, 1.54) is 5.56 Å². The molecule has 0 spiro atoms. The molecule has 3 aliphatic rings. The highest BCUT2D eigenvalue weighted by atomic mass is 16.5. The van der Waals surface area contributed by atoms with E-state index in [0.717, 1.165) is 38.5 Å². The third kappa shape index (κ3) is 3.12. The van der Waals surface area contributed by atoms with Gasteiger partial charge in [0, 0.05) is 18.9 Å². The molecule has 134 valence electrons. The molecule has 2 aliphatic carbocycles. The van der Waals surface area contributed by atoms with Crippen molar-refractivity contribution in [1.29, 1.82) is 0 Å². The third-order valence-electron chi connectivity index (χ3n) is 6.42. The van der Waals surface area contributed by atoms with E-state index in [4.69, 9.17) is 4.74 Å². The van der Waals surface area contributed by atoms with Gasteiger partial charge in [0.15, 0.2) is 5.78 Å². The summed E-state index contributed by atoms with van der Waals surface area (Å²) in [5.74, 6) is 0.941. The van der Waals surface area contributed by atoms with Crippen molar-refractivity contribution in [1.82, 2.24) is 4.90 Å². The van der Waals surface area contributed by atoms with Gasteiger partial charge in [-0.1, -0.05) is 30.3 Å². The third-order valence-corrected chi connectivity index (χ3v) is 6.42. The lowest BCUT2D eigenvalue weighted by molar-refractivity contribution is -0.137. The van der Waals surface area contributed by atoms with E-state index >= 15 is 0 Å². The Balaban J connectivity index is 1.30. The van der Waals surface area contributed by atoms with E-state index in [1.54, 1.807) is 11.8 Å². The molecule has 4 nitrogen and oxygen atoms in total. The summed E-state index contributed by atoms with van der Waals surface area (Å²) in [6, 6.07) is 10.5. The van der Waals surface area contributed by atoms with Crippen molar-refractivity contribution in [3.8, 4) is 0 Å². The van der Waals surface area contributed by atoms with Crippen molar-refractivity contribution in [3.63, 3.8) is 0 Å². The largest absolute Gasteiger partial charge is 0.376 e. The predicted molar refractivity (Wildman–Crippen MR) is 95.2 cm³/mol. The lowest BCUT2D eigenvalue weighted by atomic mass is 9.79. The molecule has 4 heteroatoms. The van der Waals surface area contributed by atoms with Gasteiger partial charge in [-0.3, -0.25) is 9.59 Å². The second-order valence-corrected chi connectivity index (χ2v) is 7.81. The Morgan fingerprint density at radius 3 is 2.40 bits per heavy atom. The molecule has 1 saturated heterocycles. The maximum Gasteiger partial charge on any atom is 0.220 e. The standard InChI is InChI=1S/C21H27NO3/c1-14(23)22-19-12-11-18(19)21(24)20(22)13-25-17-9-7-16(8-10-17)15-5-3-2-4-6-15/h2-6,16-20H,7-13H2,1H3/t16?,17?,18-,19+,20-/m0/s1. The molecule has 0 bridgehead atoms. The zero-order valence-corrected chi connectivity index (χ0v) is 14.9. The molecule has 1 aromatic carbocycles. The quantitative estimate of drug-likeness (QED) is 0.844. The van der Waals surface area contributed by atoms with Crippen LogP contribution < -0.4 is 0 Å². The number of Topliss-reactive ketones (excluding diaryl/α,β-unsaturated/α-hetero) is 1. The van der Waals surface area contributed by atoms with E-state index in [-0.39, 0.29) is 35.8 Å². The minimum absolute atomic E-state index is 0.0157. The second kappa shape index (κ2) is 6.91. The highest BCUT2D eigenvalue weighted by Crippen LogP contribution is 2.42.